The third-order valence-electron chi connectivity index (χ3n) is 4.11. The number of para-hydroxylation sites is 2. The third kappa shape index (κ3) is 6.89. The molecule has 0 aliphatic rings. The largest absolute Gasteiger partial charge is 0.504 e. The van der Waals surface area contributed by atoms with Crippen LogP contribution in [-0.2, 0) is 0 Å². The molecule has 0 amide bonds. The van der Waals surface area contributed by atoms with Crippen molar-refractivity contribution in [2.75, 3.05) is 24.6 Å². The summed E-state index contributed by atoms with van der Waals surface area (Å²) in [6, 6.07) is 13.3. The molecule has 0 aliphatic carbocycles. The van der Waals surface area contributed by atoms with Gasteiger partial charge in [0.25, 0.3) is 0 Å². The fourth-order valence-electron chi connectivity index (χ4n) is 2.50. The van der Waals surface area contributed by atoms with Gasteiger partial charge in [0.15, 0.2) is 23.0 Å². The predicted molar refractivity (Wildman–Crippen MR) is 128 cm³/mol. The summed E-state index contributed by atoms with van der Waals surface area (Å²) >= 11 is 3.06. The first-order valence-electron chi connectivity index (χ1n) is 9.65. The van der Waals surface area contributed by atoms with E-state index >= 15 is 0 Å². The number of nitrogens with zero attached hydrogens (tertiary/aromatic N) is 4. The molecule has 1 heterocycles. The molecule has 3 rings (SSSR count). The fourth-order valence-corrected chi connectivity index (χ4v) is 3.84. The molecule has 0 fully saturated rings. The highest BCUT2D eigenvalue weighted by atomic mass is 32.2. The van der Waals surface area contributed by atoms with Gasteiger partial charge in [-0.1, -0.05) is 12.1 Å². The fraction of sp³-hybridized carbons (Fsp3) is 0.182. The van der Waals surface area contributed by atoms with E-state index in [1.165, 1.54) is 48.1 Å². The van der Waals surface area contributed by atoms with Crippen molar-refractivity contribution in [3.8, 4) is 23.0 Å². The van der Waals surface area contributed by atoms with Crippen LogP contribution >= 0.6 is 23.5 Å². The van der Waals surface area contributed by atoms with Crippen LogP contribution in [0.5, 0.6) is 23.0 Å². The number of aromatic nitrogens is 2. The smallest absolute Gasteiger partial charge is 0.166 e. The van der Waals surface area contributed by atoms with Crippen LogP contribution in [0.4, 0.5) is 0 Å². The molecular formula is C22H22N4O4S2. The van der Waals surface area contributed by atoms with E-state index in [0.717, 1.165) is 10.1 Å². The molecule has 0 saturated carbocycles. The first-order chi connectivity index (χ1) is 15.5. The Morgan fingerprint density at radius 1 is 0.656 bits per heavy atom. The van der Waals surface area contributed by atoms with E-state index < -0.39 is 0 Å². The molecule has 3 aromatic rings. The standard InChI is InChI=1S/C22H22N4O4S2/c27-17-5-1-3-15(21(17)29)13-23-9-11-31-19-7-8-20(26-25-19)32-12-10-24-14-16-4-2-6-18(28)22(16)30/h1-8,13-14,27-30H,9-12H2. The molecule has 4 N–H and O–H groups in total. The number of hydrogen-bond acceptors (Lipinski definition) is 10. The second kappa shape index (κ2) is 12.0. The molecular weight excluding hydrogens is 448 g/mol. The molecule has 32 heavy (non-hydrogen) atoms. The second-order valence-corrected chi connectivity index (χ2v) is 8.64. The topological polar surface area (TPSA) is 131 Å². The number of aromatic hydroxyl groups is 4. The molecule has 0 saturated heterocycles. The minimum absolute atomic E-state index is 0.167. The lowest BCUT2D eigenvalue weighted by atomic mass is 10.2. The van der Waals surface area contributed by atoms with E-state index in [4.69, 9.17) is 0 Å². The highest BCUT2D eigenvalue weighted by Crippen LogP contribution is 2.27. The van der Waals surface area contributed by atoms with E-state index in [0.29, 0.717) is 35.7 Å². The Morgan fingerprint density at radius 2 is 1.09 bits per heavy atom. The Morgan fingerprint density at radius 3 is 1.50 bits per heavy atom. The van der Waals surface area contributed by atoms with Crippen molar-refractivity contribution in [2.45, 2.75) is 10.1 Å². The van der Waals surface area contributed by atoms with Gasteiger partial charge in [0, 0.05) is 48.2 Å². The van der Waals surface area contributed by atoms with Crippen molar-refractivity contribution in [1.29, 1.82) is 0 Å². The van der Waals surface area contributed by atoms with Crippen LogP contribution in [0.15, 0.2) is 68.6 Å². The molecule has 166 valence electrons. The molecule has 10 heteroatoms. The molecule has 8 nitrogen and oxygen atoms in total. The van der Waals surface area contributed by atoms with Crippen LogP contribution in [-0.4, -0.2) is 67.6 Å². The zero-order valence-electron chi connectivity index (χ0n) is 17.0. The number of aliphatic imine (C=N–C) groups is 2. The van der Waals surface area contributed by atoms with E-state index in [1.807, 2.05) is 12.1 Å². The summed E-state index contributed by atoms with van der Waals surface area (Å²) < 4.78 is 0. The van der Waals surface area contributed by atoms with E-state index in [2.05, 4.69) is 20.2 Å². The third-order valence-corrected chi connectivity index (χ3v) is 5.91. The van der Waals surface area contributed by atoms with Gasteiger partial charge in [-0.05, 0) is 36.4 Å². The number of phenols is 4. The van der Waals surface area contributed by atoms with Gasteiger partial charge in [-0.3, -0.25) is 9.98 Å². The molecule has 0 spiro atoms. The summed E-state index contributed by atoms with van der Waals surface area (Å²) in [5, 5.41) is 48.4. The lowest BCUT2D eigenvalue weighted by Crippen LogP contribution is -1.93. The maximum Gasteiger partial charge on any atom is 0.166 e. The summed E-state index contributed by atoms with van der Waals surface area (Å²) in [5.74, 6) is 0.720. The highest BCUT2D eigenvalue weighted by molar-refractivity contribution is 7.99. The molecule has 2 aromatic carbocycles. The van der Waals surface area contributed by atoms with E-state index in [9.17, 15) is 20.4 Å². The van der Waals surface area contributed by atoms with Crippen molar-refractivity contribution in [3.63, 3.8) is 0 Å². The number of thioether (sulfide) groups is 2. The van der Waals surface area contributed by atoms with Gasteiger partial charge in [-0.25, -0.2) is 0 Å². The van der Waals surface area contributed by atoms with Crippen molar-refractivity contribution in [1.82, 2.24) is 10.2 Å². The Balaban J connectivity index is 1.36. The maximum atomic E-state index is 9.73. The summed E-state index contributed by atoms with van der Waals surface area (Å²) in [6.45, 7) is 1.06. The summed E-state index contributed by atoms with van der Waals surface area (Å²) in [4.78, 5) is 8.51. The van der Waals surface area contributed by atoms with Crippen LogP contribution in [0, 0.1) is 0 Å². The lowest BCUT2D eigenvalue weighted by Gasteiger charge is -2.02. The SMILES string of the molecule is Oc1cccc(C=NCCSc2ccc(SCCN=Cc3cccc(O)c3O)nn2)c1O. The number of benzene rings is 2. The zero-order chi connectivity index (χ0) is 22.8. The van der Waals surface area contributed by atoms with Gasteiger partial charge in [-0.2, -0.15) is 0 Å². The quantitative estimate of drug-likeness (QED) is 0.153. The number of phenolic OH excluding ortho intramolecular Hbond substituents is 4. The predicted octanol–water partition coefficient (Wildman–Crippen LogP) is 3.72. The van der Waals surface area contributed by atoms with Crippen LogP contribution < -0.4 is 0 Å². The lowest BCUT2D eigenvalue weighted by molar-refractivity contribution is 0.403. The Kier molecular flexibility index (Phi) is 8.76. The van der Waals surface area contributed by atoms with Crippen LogP contribution in [0.1, 0.15) is 11.1 Å². The molecule has 0 unspecified atom stereocenters. The molecule has 0 bridgehead atoms. The van der Waals surface area contributed by atoms with Crippen LogP contribution in [0.3, 0.4) is 0 Å². The van der Waals surface area contributed by atoms with E-state index in [1.54, 1.807) is 24.3 Å². The first-order valence-corrected chi connectivity index (χ1v) is 11.6. The van der Waals surface area contributed by atoms with Gasteiger partial charge in [0.1, 0.15) is 10.1 Å². The van der Waals surface area contributed by atoms with Crippen molar-refractivity contribution >= 4 is 36.0 Å². The van der Waals surface area contributed by atoms with Gasteiger partial charge in [-0.15, -0.1) is 33.7 Å². The maximum absolute atomic E-state index is 9.73. The van der Waals surface area contributed by atoms with Crippen molar-refractivity contribution in [2.24, 2.45) is 9.98 Å². The highest BCUT2D eigenvalue weighted by Gasteiger charge is 2.04. The van der Waals surface area contributed by atoms with Gasteiger partial charge < -0.3 is 20.4 Å². The molecule has 1 aromatic heterocycles. The first kappa shape index (κ1) is 23.4. The van der Waals surface area contributed by atoms with Gasteiger partial charge in [0.05, 0.1) is 0 Å². The normalized spacial score (nSPS) is 11.5. The summed E-state index contributed by atoms with van der Waals surface area (Å²) in [7, 11) is 0. The second-order valence-electron chi connectivity index (χ2n) is 6.41. The van der Waals surface area contributed by atoms with Crippen molar-refractivity contribution < 1.29 is 20.4 Å². The summed E-state index contributed by atoms with van der Waals surface area (Å²) in [6.07, 6.45) is 3.07. The Hall–Kier alpha value is -3.24. The molecule has 0 aliphatic heterocycles. The molecule has 0 radical (unpaired) electrons. The van der Waals surface area contributed by atoms with Gasteiger partial charge in [0.2, 0.25) is 0 Å². The zero-order valence-corrected chi connectivity index (χ0v) is 18.6. The van der Waals surface area contributed by atoms with E-state index in [-0.39, 0.29) is 23.0 Å². The minimum Gasteiger partial charge on any atom is -0.504 e. The minimum atomic E-state index is -0.175. The van der Waals surface area contributed by atoms with Crippen molar-refractivity contribution in [3.05, 3.63) is 59.7 Å². The number of hydrogen-bond donors (Lipinski definition) is 4. The average molecular weight is 471 g/mol. The monoisotopic (exact) mass is 470 g/mol. The number of rotatable bonds is 10. The Bertz CT molecular complexity index is 1010. The molecule has 0 atom stereocenters. The van der Waals surface area contributed by atoms with Crippen LogP contribution in [0.2, 0.25) is 0 Å². The average Bonchev–Trinajstić information content (AvgIpc) is 2.80. The van der Waals surface area contributed by atoms with Gasteiger partial charge >= 0.3 is 0 Å². The van der Waals surface area contributed by atoms with Crippen LogP contribution in [0.25, 0.3) is 0 Å². The Labute approximate surface area is 193 Å². The summed E-state index contributed by atoms with van der Waals surface area (Å²) in [5.41, 5.74) is 0.943.